The van der Waals surface area contributed by atoms with Crippen molar-refractivity contribution in [2.24, 2.45) is 0 Å². The van der Waals surface area contributed by atoms with Gasteiger partial charge < -0.3 is 0 Å². The lowest BCUT2D eigenvalue weighted by atomic mass is 10.4. The van der Waals surface area contributed by atoms with E-state index in [4.69, 9.17) is 0 Å². The molecule has 1 saturated carbocycles. The Morgan fingerprint density at radius 1 is 0.826 bits per heavy atom. The molecule has 1 aromatic carbocycles. The average molecular weight is 361 g/mol. The maximum absolute atomic E-state index is 12.6. The van der Waals surface area contributed by atoms with Crippen molar-refractivity contribution in [3.8, 4) is 0 Å². The van der Waals surface area contributed by atoms with Gasteiger partial charge in [-0.1, -0.05) is 20.8 Å². The molecule has 1 aliphatic rings. The molecule has 8 heteroatoms. The Morgan fingerprint density at radius 3 is 1.61 bits per heavy atom. The zero-order valence-corrected chi connectivity index (χ0v) is 15.4. The molecule has 130 valence electrons. The molecule has 2 rings (SSSR count). The normalized spacial score (nSPS) is 16.2. The smallest absolute Gasteiger partial charge is 0.207 e. The van der Waals surface area contributed by atoms with Crippen LogP contribution < -0.4 is 0 Å². The van der Waals surface area contributed by atoms with Crippen LogP contribution in [0.4, 0.5) is 0 Å². The number of hydrogen-bond donors (Lipinski definition) is 0. The monoisotopic (exact) mass is 360 g/mol. The molecule has 1 aromatic rings. The zero-order valence-electron chi connectivity index (χ0n) is 13.8. The topological polar surface area (TPSA) is 74.8 Å². The number of benzene rings is 1. The Kier molecular flexibility index (Phi) is 5.50. The average Bonchev–Trinajstić information content (AvgIpc) is 3.33. The van der Waals surface area contributed by atoms with Crippen LogP contribution >= 0.6 is 0 Å². The third-order valence-corrected chi connectivity index (χ3v) is 8.15. The molecule has 0 heterocycles. The van der Waals surface area contributed by atoms with Gasteiger partial charge in [0.2, 0.25) is 20.0 Å². The fourth-order valence-corrected chi connectivity index (χ4v) is 5.77. The van der Waals surface area contributed by atoms with Crippen LogP contribution in [0, 0.1) is 0 Å². The van der Waals surface area contributed by atoms with Crippen molar-refractivity contribution in [3.05, 3.63) is 24.3 Å². The molecular weight excluding hydrogens is 336 g/mol. The van der Waals surface area contributed by atoms with Crippen molar-refractivity contribution in [2.45, 2.75) is 49.4 Å². The van der Waals surface area contributed by atoms with E-state index in [9.17, 15) is 16.8 Å². The summed E-state index contributed by atoms with van der Waals surface area (Å²) in [5, 5.41) is 0. The summed E-state index contributed by atoms with van der Waals surface area (Å²) in [6.07, 6.45) is 1.78. The van der Waals surface area contributed by atoms with Crippen LogP contribution in [0.25, 0.3) is 0 Å². The minimum absolute atomic E-state index is 0.0871. The predicted molar refractivity (Wildman–Crippen MR) is 89.1 cm³/mol. The molecule has 0 amide bonds. The molecule has 0 saturated heterocycles. The van der Waals surface area contributed by atoms with Crippen molar-refractivity contribution < 1.29 is 16.8 Å². The minimum atomic E-state index is -3.57. The number of nitrogens with zero attached hydrogens (tertiary/aromatic N) is 2. The van der Waals surface area contributed by atoms with Crippen LogP contribution in [-0.4, -0.2) is 51.1 Å². The summed E-state index contributed by atoms with van der Waals surface area (Å²) in [5.41, 5.74) is 0. The van der Waals surface area contributed by atoms with E-state index in [0.29, 0.717) is 19.6 Å². The van der Waals surface area contributed by atoms with Crippen molar-refractivity contribution in [1.82, 2.24) is 8.61 Å². The summed E-state index contributed by atoms with van der Waals surface area (Å²) in [6.45, 7) is 6.54. The summed E-state index contributed by atoms with van der Waals surface area (Å²) in [6, 6.07) is 5.61. The van der Waals surface area contributed by atoms with Crippen molar-refractivity contribution in [2.75, 3.05) is 19.6 Å². The highest BCUT2D eigenvalue weighted by Gasteiger charge is 2.37. The van der Waals surface area contributed by atoms with E-state index in [-0.39, 0.29) is 15.8 Å². The Hall–Kier alpha value is -0.960. The fraction of sp³-hybridized carbons (Fsp3) is 0.600. The molecule has 0 bridgehead atoms. The summed E-state index contributed by atoms with van der Waals surface area (Å²) in [4.78, 5) is 0.263. The first-order chi connectivity index (χ1) is 10.8. The molecule has 1 aliphatic carbocycles. The maximum Gasteiger partial charge on any atom is 0.243 e. The van der Waals surface area contributed by atoms with E-state index >= 15 is 0 Å². The molecule has 6 nitrogen and oxygen atoms in total. The first kappa shape index (κ1) is 18.4. The fourth-order valence-electron chi connectivity index (χ4n) is 2.62. The number of rotatable bonds is 8. The molecule has 0 atom stereocenters. The first-order valence-electron chi connectivity index (χ1n) is 7.91. The molecular formula is C15H24N2O4S2. The van der Waals surface area contributed by atoms with Gasteiger partial charge in [-0.15, -0.1) is 0 Å². The van der Waals surface area contributed by atoms with E-state index in [1.54, 1.807) is 13.8 Å². The second kappa shape index (κ2) is 6.88. The van der Waals surface area contributed by atoms with Crippen LogP contribution in [0.3, 0.4) is 0 Å². The van der Waals surface area contributed by atoms with Gasteiger partial charge in [0, 0.05) is 25.7 Å². The van der Waals surface area contributed by atoms with Crippen molar-refractivity contribution >= 4 is 20.0 Å². The molecule has 1 fully saturated rings. The van der Waals surface area contributed by atoms with Gasteiger partial charge in [-0.2, -0.15) is 8.61 Å². The quantitative estimate of drug-likeness (QED) is 0.709. The SMILES string of the molecule is CCN(CC)S(=O)(=O)c1ccc(S(=O)(=O)N(CC)C2CC2)cc1. The highest BCUT2D eigenvalue weighted by atomic mass is 32.2. The second-order valence-corrected chi connectivity index (χ2v) is 9.33. The van der Waals surface area contributed by atoms with E-state index in [1.165, 1.54) is 32.9 Å². The van der Waals surface area contributed by atoms with E-state index in [1.807, 2.05) is 6.92 Å². The number of hydrogen-bond acceptors (Lipinski definition) is 4. The molecule has 0 N–H and O–H groups in total. The number of sulfonamides is 2. The molecule has 0 aromatic heterocycles. The molecule has 23 heavy (non-hydrogen) atoms. The lowest BCUT2D eigenvalue weighted by molar-refractivity contribution is 0.420. The van der Waals surface area contributed by atoms with Gasteiger partial charge in [0.25, 0.3) is 0 Å². The van der Waals surface area contributed by atoms with Crippen molar-refractivity contribution in [3.63, 3.8) is 0 Å². The van der Waals surface area contributed by atoms with E-state index in [0.717, 1.165) is 12.8 Å². The Morgan fingerprint density at radius 2 is 1.26 bits per heavy atom. The van der Waals surface area contributed by atoms with Gasteiger partial charge in [0.1, 0.15) is 0 Å². The highest BCUT2D eigenvalue weighted by Crippen LogP contribution is 2.32. The zero-order chi connectivity index (χ0) is 17.3. The highest BCUT2D eigenvalue weighted by molar-refractivity contribution is 7.89. The molecule has 0 aliphatic heterocycles. The third kappa shape index (κ3) is 3.60. The van der Waals surface area contributed by atoms with Gasteiger partial charge >= 0.3 is 0 Å². The maximum atomic E-state index is 12.6. The van der Waals surface area contributed by atoms with E-state index in [2.05, 4.69) is 0 Å². The van der Waals surface area contributed by atoms with E-state index < -0.39 is 20.0 Å². The van der Waals surface area contributed by atoms with Gasteiger partial charge in [-0.25, -0.2) is 16.8 Å². The van der Waals surface area contributed by atoms with Gasteiger partial charge in [0.05, 0.1) is 9.79 Å². The predicted octanol–water partition coefficient (Wildman–Crippen LogP) is 1.89. The lowest BCUT2D eigenvalue weighted by Gasteiger charge is -2.21. The lowest BCUT2D eigenvalue weighted by Crippen LogP contribution is -2.33. The summed E-state index contributed by atoms with van der Waals surface area (Å²) in [5.74, 6) is 0. The van der Waals surface area contributed by atoms with Gasteiger partial charge in [-0.05, 0) is 37.1 Å². The van der Waals surface area contributed by atoms with Crippen LogP contribution in [0.2, 0.25) is 0 Å². The Balaban J connectivity index is 2.32. The molecule has 0 spiro atoms. The molecule has 0 radical (unpaired) electrons. The van der Waals surface area contributed by atoms with Crippen LogP contribution in [-0.2, 0) is 20.0 Å². The largest absolute Gasteiger partial charge is 0.243 e. The summed E-state index contributed by atoms with van der Waals surface area (Å²) >= 11 is 0. The minimum Gasteiger partial charge on any atom is -0.207 e. The third-order valence-electron chi connectivity index (χ3n) is 4.04. The standard InChI is InChI=1S/C15H24N2O4S2/c1-4-16(5-2)22(18,19)14-9-11-15(12-10-14)23(20,21)17(6-3)13-7-8-13/h9-13H,4-8H2,1-3H3. The second-order valence-electron chi connectivity index (χ2n) is 5.50. The summed E-state index contributed by atoms with van der Waals surface area (Å²) in [7, 11) is -7.12. The Labute approximate surface area is 139 Å². The Bertz CT molecular complexity index is 734. The van der Waals surface area contributed by atoms with Gasteiger partial charge in [-0.3, -0.25) is 0 Å². The van der Waals surface area contributed by atoms with Crippen LogP contribution in [0.15, 0.2) is 34.1 Å². The van der Waals surface area contributed by atoms with Crippen molar-refractivity contribution in [1.29, 1.82) is 0 Å². The summed E-state index contributed by atoms with van der Waals surface area (Å²) < 4.78 is 52.9. The molecule has 0 unspecified atom stereocenters. The first-order valence-corrected chi connectivity index (χ1v) is 10.8. The van der Waals surface area contributed by atoms with Crippen LogP contribution in [0.5, 0.6) is 0 Å². The van der Waals surface area contributed by atoms with Crippen LogP contribution in [0.1, 0.15) is 33.6 Å². The van der Waals surface area contributed by atoms with Gasteiger partial charge in [0.15, 0.2) is 0 Å².